The van der Waals surface area contributed by atoms with E-state index in [4.69, 9.17) is 4.74 Å². The van der Waals surface area contributed by atoms with Gasteiger partial charge in [0.1, 0.15) is 11.6 Å². The summed E-state index contributed by atoms with van der Waals surface area (Å²) in [6.07, 6.45) is 1.78. The quantitative estimate of drug-likeness (QED) is 0.771. The number of hydrogen-bond acceptors (Lipinski definition) is 5. The van der Waals surface area contributed by atoms with Gasteiger partial charge in [-0.25, -0.2) is 9.97 Å². The Kier molecular flexibility index (Phi) is 3.47. The van der Waals surface area contributed by atoms with Crippen LogP contribution in [-0.4, -0.2) is 29.1 Å². The molecule has 0 amide bonds. The minimum absolute atomic E-state index is 0.819. The predicted molar refractivity (Wildman–Crippen MR) is 80.6 cm³/mol. The molecular weight excluding hydrogens is 272 g/mol. The number of aromatic nitrogens is 3. The van der Waals surface area contributed by atoms with Gasteiger partial charge in [-0.1, -0.05) is 11.8 Å². The topological polar surface area (TPSA) is 62.8 Å². The summed E-state index contributed by atoms with van der Waals surface area (Å²) in [5.74, 6) is 1.66. The zero-order valence-electron chi connectivity index (χ0n) is 11.2. The summed E-state index contributed by atoms with van der Waals surface area (Å²) in [5.41, 5.74) is 1.89. The number of nitrogens with one attached hydrogen (secondary N) is 2. The molecule has 0 atom stereocenters. The molecular formula is C14H14N4OS. The average Bonchev–Trinajstić information content (AvgIpc) is 2.88. The average molecular weight is 286 g/mol. The highest BCUT2D eigenvalue weighted by molar-refractivity contribution is 7.99. The van der Waals surface area contributed by atoms with E-state index in [1.165, 1.54) is 0 Å². The van der Waals surface area contributed by atoms with E-state index in [1.807, 2.05) is 37.4 Å². The predicted octanol–water partition coefficient (Wildman–Crippen LogP) is 3.16. The third-order valence-corrected chi connectivity index (χ3v) is 3.75. The van der Waals surface area contributed by atoms with Crippen molar-refractivity contribution in [2.75, 3.05) is 19.5 Å². The summed E-state index contributed by atoms with van der Waals surface area (Å²) in [4.78, 5) is 13.1. The van der Waals surface area contributed by atoms with Crippen molar-refractivity contribution in [2.24, 2.45) is 0 Å². The Labute approximate surface area is 120 Å². The molecule has 2 aromatic heterocycles. The van der Waals surface area contributed by atoms with Gasteiger partial charge < -0.3 is 15.0 Å². The van der Waals surface area contributed by atoms with Crippen molar-refractivity contribution in [2.45, 2.75) is 10.1 Å². The number of methoxy groups -OCH3 is 1. The van der Waals surface area contributed by atoms with Crippen LogP contribution in [0.5, 0.6) is 5.75 Å². The Bertz CT molecular complexity index is 741. The highest BCUT2D eigenvalue weighted by Gasteiger charge is 2.06. The Morgan fingerprint density at radius 2 is 2.15 bits per heavy atom. The first-order valence-electron chi connectivity index (χ1n) is 6.14. The first kappa shape index (κ1) is 12.8. The fraction of sp³-hybridized carbons (Fsp3) is 0.143. The lowest BCUT2D eigenvalue weighted by atomic mass is 10.3. The summed E-state index contributed by atoms with van der Waals surface area (Å²) >= 11 is 1.57. The number of aromatic amines is 1. The van der Waals surface area contributed by atoms with Crippen molar-refractivity contribution >= 4 is 28.6 Å². The molecule has 5 nitrogen and oxygen atoms in total. The number of imidazole rings is 1. The molecule has 2 N–H and O–H groups in total. The van der Waals surface area contributed by atoms with Crippen molar-refractivity contribution in [3.05, 3.63) is 36.5 Å². The second-order valence-electron chi connectivity index (χ2n) is 4.15. The Hall–Kier alpha value is -2.21. The van der Waals surface area contributed by atoms with E-state index < -0.39 is 0 Å². The van der Waals surface area contributed by atoms with Gasteiger partial charge in [0.05, 0.1) is 18.1 Å². The van der Waals surface area contributed by atoms with Crippen LogP contribution in [0.15, 0.2) is 46.6 Å². The molecule has 0 unspecified atom stereocenters. The maximum atomic E-state index is 5.21. The van der Waals surface area contributed by atoms with Crippen molar-refractivity contribution in [3.63, 3.8) is 0 Å². The molecule has 0 bridgehead atoms. The molecule has 2 heterocycles. The fourth-order valence-electron chi connectivity index (χ4n) is 1.86. The van der Waals surface area contributed by atoms with Gasteiger partial charge in [0.25, 0.3) is 0 Å². The van der Waals surface area contributed by atoms with Gasteiger partial charge in [-0.15, -0.1) is 0 Å². The van der Waals surface area contributed by atoms with Crippen molar-refractivity contribution in [3.8, 4) is 5.75 Å². The Morgan fingerprint density at radius 3 is 2.95 bits per heavy atom. The maximum Gasteiger partial charge on any atom is 0.171 e. The molecule has 6 heteroatoms. The number of rotatable bonds is 4. The van der Waals surface area contributed by atoms with Gasteiger partial charge in [0.2, 0.25) is 0 Å². The molecule has 0 aliphatic rings. The van der Waals surface area contributed by atoms with Crippen LogP contribution in [0.1, 0.15) is 0 Å². The van der Waals surface area contributed by atoms with E-state index in [-0.39, 0.29) is 0 Å². The smallest absolute Gasteiger partial charge is 0.171 e. The number of pyridine rings is 1. The zero-order valence-corrected chi connectivity index (χ0v) is 12.0. The molecule has 0 aliphatic carbocycles. The number of ether oxygens (including phenoxy) is 1. The third kappa shape index (κ3) is 2.55. The van der Waals surface area contributed by atoms with Gasteiger partial charge >= 0.3 is 0 Å². The normalized spacial score (nSPS) is 10.7. The van der Waals surface area contributed by atoms with E-state index in [0.717, 1.165) is 32.7 Å². The van der Waals surface area contributed by atoms with Crippen LogP contribution in [-0.2, 0) is 0 Å². The lowest BCUT2D eigenvalue weighted by Crippen LogP contribution is -1.90. The molecule has 3 rings (SSSR count). The SMILES string of the molecule is CNc1cc(Sc2nc3ccc(OC)cc3[nH]2)ccn1. The maximum absolute atomic E-state index is 5.21. The van der Waals surface area contributed by atoms with E-state index in [2.05, 4.69) is 20.3 Å². The minimum Gasteiger partial charge on any atom is -0.497 e. The van der Waals surface area contributed by atoms with Crippen molar-refractivity contribution in [1.29, 1.82) is 0 Å². The van der Waals surface area contributed by atoms with Gasteiger partial charge in [-0.2, -0.15) is 0 Å². The number of fused-ring (bicyclic) bond motifs is 1. The second kappa shape index (κ2) is 5.42. The molecule has 102 valence electrons. The molecule has 0 aliphatic heterocycles. The largest absolute Gasteiger partial charge is 0.497 e. The van der Waals surface area contributed by atoms with Crippen LogP contribution in [0.25, 0.3) is 11.0 Å². The van der Waals surface area contributed by atoms with Gasteiger partial charge in [-0.05, 0) is 24.3 Å². The highest BCUT2D eigenvalue weighted by Crippen LogP contribution is 2.29. The Balaban J connectivity index is 1.90. The van der Waals surface area contributed by atoms with Gasteiger partial charge in [-0.3, -0.25) is 0 Å². The monoisotopic (exact) mass is 286 g/mol. The van der Waals surface area contributed by atoms with Crippen molar-refractivity contribution in [1.82, 2.24) is 15.0 Å². The molecule has 0 spiro atoms. The molecule has 0 saturated heterocycles. The van der Waals surface area contributed by atoms with Crippen molar-refractivity contribution < 1.29 is 4.74 Å². The summed E-state index contributed by atoms with van der Waals surface area (Å²) in [7, 11) is 3.51. The van der Waals surface area contributed by atoms with Gasteiger partial charge in [0.15, 0.2) is 5.16 Å². The molecule has 20 heavy (non-hydrogen) atoms. The number of anilines is 1. The van der Waals surface area contributed by atoms with E-state index >= 15 is 0 Å². The first-order chi connectivity index (χ1) is 9.78. The summed E-state index contributed by atoms with van der Waals surface area (Å²) in [5, 5.41) is 3.87. The summed E-state index contributed by atoms with van der Waals surface area (Å²) in [6.45, 7) is 0. The van der Waals surface area contributed by atoms with Gasteiger partial charge in [0, 0.05) is 24.2 Å². The standard InChI is InChI=1S/C14H14N4OS/c1-15-13-8-10(5-6-16-13)20-14-17-11-4-3-9(19-2)7-12(11)18-14/h3-8H,1-2H3,(H,15,16)(H,17,18). The number of benzene rings is 1. The molecule has 0 fully saturated rings. The summed E-state index contributed by atoms with van der Waals surface area (Å²) in [6, 6.07) is 9.74. The van der Waals surface area contributed by atoms with Crippen LogP contribution in [0.4, 0.5) is 5.82 Å². The van der Waals surface area contributed by atoms with Crippen LogP contribution in [0.3, 0.4) is 0 Å². The first-order valence-corrected chi connectivity index (χ1v) is 6.95. The molecule has 0 radical (unpaired) electrons. The molecule has 0 saturated carbocycles. The number of nitrogens with zero attached hydrogens (tertiary/aromatic N) is 2. The lowest BCUT2D eigenvalue weighted by molar-refractivity contribution is 0.415. The van der Waals surface area contributed by atoms with E-state index in [1.54, 1.807) is 25.1 Å². The third-order valence-electron chi connectivity index (χ3n) is 2.87. The number of H-pyrrole nitrogens is 1. The van der Waals surface area contributed by atoms with E-state index in [0.29, 0.717) is 0 Å². The van der Waals surface area contributed by atoms with Crippen LogP contribution in [0.2, 0.25) is 0 Å². The number of hydrogen-bond donors (Lipinski definition) is 2. The molecule has 3 aromatic rings. The minimum atomic E-state index is 0.819. The summed E-state index contributed by atoms with van der Waals surface area (Å²) < 4.78 is 5.21. The van der Waals surface area contributed by atoms with E-state index in [9.17, 15) is 0 Å². The fourth-order valence-corrected chi connectivity index (χ4v) is 2.69. The zero-order chi connectivity index (χ0) is 13.9. The molecule has 1 aromatic carbocycles. The lowest BCUT2D eigenvalue weighted by Gasteiger charge is -2.01. The Morgan fingerprint density at radius 1 is 1.25 bits per heavy atom. The highest BCUT2D eigenvalue weighted by atomic mass is 32.2. The van der Waals surface area contributed by atoms with Crippen LogP contribution >= 0.6 is 11.8 Å². The second-order valence-corrected chi connectivity index (χ2v) is 5.22. The van der Waals surface area contributed by atoms with Crippen LogP contribution < -0.4 is 10.1 Å². The van der Waals surface area contributed by atoms with Crippen LogP contribution in [0, 0.1) is 0 Å².